The van der Waals surface area contributed by atoms with Gasteiger partial charge in [0.15, 0.2) is 5.78 Å². The summed E-state index contributed by atoms with van der Waals surface area (Å²) in [6.45, 7) is 1.96. The molecule has 0 atom stereocenters. The largest absolute Gasteiger partial charge is 0.293 e. The molecule has 0 N–H and O–H groups in total. The van der Waals surface area contributed by atoms with Crippen LogP contribution < -0.4 is 0 Å². The molecule has 0 aliphatic rings. The highest BCUT2D eigenvalue weighted by molar-refractivity contribution is 7.20. The van der Waals surface area contributed by atoms with E-state index in [0.29, 0.717) is 9.90 Å². The van der Waals surface area contributed by atoms with E-state index < -0.39 is 0 Å². The lowest BCUT2D eigenvalue weighted by atomic mass is 10.1. The average molecular weight is 319 g/mol. The summed E-state index contributed by atoms with van der Waals surface area (Å²) >= 11 is 7.55. The molecule has 3 rings (SSSR count). The molecule has 0 radical (unpaired) electrons. The van der Waals surface area contributed by atoms with Gasteiger partial charge in [0.1, 0.15) is 5.82 Å². The maximum Gasteiger partial charge on any atom is 0.177 e. The molecule has 1 heterocycles. The number of benzene rings is 2. The van der Waals surface area contributed by atoms with E-state index >= 15 is 0 Å². The van der Waals surface area contributed by atoms with Gasteiger partial charge in [-0.3, -0.25) is 4.79 Å². The molecule has 0 saturated carbocycles. The van der Waals surface area contributed by atoms with Crippen LogP contribution >= 0.6 is 22.9 Å². The number of rotatable bonds is 3. The first-order chi connectivity index (χ1) is 10.0. The standard InChI is InChI=1S/C17H12ClFOS/c1-10-2-3-11(14(18)6-10)8-15(20)17-9-12-7-13(19)4-5-16(12)21-17/h2-7,9H,8H2,1H3. The fourth-order valence-corrected chi connectivity index (χ4v) is 3.49. The van der Waals surface area contributed by atoms with Crippen molar-refractivity contribution in [3.8, 4) is 0 Å². The summed E-state index contributed by atoms with van der Waals surface area (Å²) in [4.78, 5) is 13.0. The van der Waals surface area contributed by atoms with Crippen molar-refractivity contribution in [1.29, 1.82) is 0 Å². The number of thiophene rings is 1. The van der Waals surface area contributed by atoms with Crippen molar-refractivity contribution in [2.24, 2.45) is 0 Å². The quantitative estimate of drug-likeness (QED) is 0.589. The maximum atomic E-state index is 13.2. The van der Waals surface area contributed by atoms with Crippen LogP contribution in [0, 0.1) is 12.7 Å². The number of hydrogen-bond donors (Lipinski definition) is 0. The molecule has 4 heteroatoms. The SMILES string of the molecule is Cc1ccc(CC(=O)c2cc3cc(F)ccc3s2)c(Cl)c1. The second-order valence-corrected chi connectivity index (χ2v) is 6.48. The van der Waals surface area contributed by atoms with Crippen molar-refractivity contribution in [1.82, 2.24) is 0 Å². The van der Waals surface area contributed by atoms with Gasteiger partial charge in [0.2, 0.25) is 0 Å². The van der Waals surface area contributed by atoms with Crippen LogP contribution in [0.25, 0.3) is 10.1 Å². The second kappa shape index (κ2) is 5.58. The Labute approximate surface area is 131 Å². The van der Waals surface area contributed by atoms with E-state index in [1.165, 1.54) is 23.5 Å². The van der Waals surface area contributed by atoms with Gasteiger partial charge in [-0.05, 0) is 53.8 Å². The van der Waals surface area contributed by atoms with Crippen molar-refractivity contribution in [2.75, 3.05) is 0 Å². The summed E-state index contributed by atoms with van der Waals surface area (Å²) in [7, 11) is 0. The van der Waals surface area contributed by atoms with E-state index in [4.69, 9.17) is 11.6 Å². The Hall–Kier alpha value is -1.71. The number of halogens is 2. The smallest absolute Gasteiger partial charge is 0.177 e. The van der Waals surface area contributed by atoms with Crippen molar-refractivity contribution in [2.45, 2.75) is 13.3 Å². The van der Waals surface area contributed by atoms with Gasteiger partial charge < -0.3 is 0 Å². The fraction of sp³-hybridized carbons (Fsp3) is 0.118. The predicted molar refractivity (Wildman–Crippen MR) is 86.0 cm³/mol. The molecule has 2 aromatic carbocycles. The van der Waals surface area contributed by atoms with Crippen LogP contribution in [0.3, 0.4) is 0 Å². The first-order valence-corrected chi connectivity index (χ1v) is 7.70. The molecule has 0 aliphatic heterocycles. The van der Waals surface area contributed by atoms with Gasteiger partial charge in [0.25, 0.3) is 0 Å². The van der Waals surface area contributed by atoms with Crippen LogP contribution in [-0.4, -0.2) is 5.78 Å². The topological polar surface area (TPSA) is 17.1 Å². The molecule has 0 aliphatic carbocycles. The number of aryl methyl sites for hydroxylation is 1. The number of carbonyl (C=O) groups is 1. The Kier molecular flexibility index (Phi) is 3.79. The minimum absolute atomic E-state index is 0.00219. The predicted octanol–water partition coefficient (Wildman–Crippen LogP) is 5.43. The minimum atomic E-state index is -0.291. The molecule has 0 unspecified atom stereocenters. The van der Waals surface area contributed by atoms with E-state index in [1.807, 2.05) is 25.1 Å². The summed E-state index contributed by atoms with van der Waals surface area (Å²) in [5.41, 5.74) is 1.88. The summed E-state index contributed by atoms with van der Waals surface area (Å²) < 4.78 is 14.1. The third-order valence-electron chi connectivity index (χ3n) is 3.31. The summed E-state index contributed by atoms with van der Waals surface area (Å²) in [6, 6.07) is 12.0. The van der Waals surface area contributed by atoms with Crippen LogP contribution in [0.2, 0.25) is 5.02 Å². The first-order valence-electron chi connectivity index (χ1n) is 6.50. The molecule has 106 valence electrons. The van der Waals surface area contributed by atoms with Crippen molar-refractivity contribution in [3.63, 3.8) is 0 Å². The number of carbonyl (C=O) groups excluding carboxylic acids is 1. The highest BCUT2D eigenvalue weighted by Gasteiger charge is 2.13. The average Bonchev–Trinajstić information content (AvgIpc) is 2.85. The number of ketones is 1. The zero-order valence-corrected chi connectivity index (χ0v) is 12.9. The van der Waals surface area contributed by atoms with Crippen molar-refractivity contribution in [3.05, 3.63) is 69.3 Å². The van der Waals surface area contributed by atoms with E-state index in [1.54, 1.807) is 12.1 Å². The Morgan fingerprint density at radius 2 is 2.00 bits per heavy atom. The van der Waals surface area contributed by atoms with Gasteiger partial charge in [-0.1, -0.05) is 23.7 Å². The lowest BCUT2D eigenvalue weighted by molar-refractivity contribution is 0.0997. The van der Waals surface area contributed by atoms with Gasteiger partial charge >= 0.3 is 0 Å². The Bertz CT molecular complexity index is 838. The Morgan fingerprint density at radius 1 is 1.19 bits per heavy atom. The number of Topliss-reactive ketones (excluding diaryl/α,β-unsaturated/α-hetero) is 1. The second-order valence-electron chi connectivity index (χ2n) is 4.99. The van der Waals surface area contributed by atoms with Crippen molar-refractivity contribution < 1.29 is 9.18 Å². The van der Waals surface area contributed by atoms with Crippen molar-refractivity contribution >= 4 is 38.8 Å². The molecule has 1 aromatic heterocycles. The van der Waals surface area contributed by atoms with E-state index in [9.17, 15) is 9.18 Å². The van der Waals surface area contributed by atoms with Gasteiger partial charge in [-0.25, -0.2) is 4.39 Å². The van der Waals surface area contributed by atoms with Crippen LogP contribution in [-0.2, 0) is 6.42 Å². The zero-order chi connectivity index (χ0) is 15.0. The van der Waals surface area contributed by atoms with E-state index in [2.05, 4.69) is 0 Å². The molecule has 21 heavy (non-hydrogen) atoms. The van der Waals surface area contributed by atoms with E-state index in [0.717, 1.165) is 21.2 Å². The van der Waals surface area contributed by atoms with Gasteiger partial charge in [-0.15, -0.1) is 11.3 Å². The summed E-state index contributed by atoms with van der Waals surface area (Å²) in [6.07, 6.45) is 0.258. The van der Waals surface area contributed by atoms with Crippen LogP contribution in [0.4, 0.5) is 4.39 Å². The highest BCUT2D eigenvalue weighted by atomic mass is 35.5. The Morgan fingerprint density at radius 3 is 2.76 bits per heavy atom. The van der Waals surface area contributed by atoms with Crippen LogP contribution in [0.5, 0.6) is 0 Å². The fourth-order valence-electron chi connectivity index (χ4n) is 2.21. The van der Waals surface area contributed by atoms with Gasteiger partial charge in [-0.2, -0.15) is 0 Å². The number of hydrogen-bond acceptors (Lipinski definition) is 2. The normalized spacial score (nSPS) is 11.0. The van der Waals surface area contributed by atoms with Gasteiger partial charge in [0.05, 0.1) is 4.88 Å². The molecular formula is C17H12ClFOS. The molecular weight excluding hydrogens is 307 g/mol. The third kappa shape index (κ3) is 2.99. The highest BCUT2D eigenvalue weighted by Crippen LogP contribution is 2.28. The van der Waals surface area contributed by atoms with E-state index in [-0.39, 0.29) is 18.0 Å². The molecule has 0 saturated heterocycles. The summed E-state index contributed by atoms with van der Waals surface area (Å²) in [5, 5.41) is 1.37. The monoisotopic (exact) mass is 318 g/mol. The lowest BCUT2D eigenvalue weighted by Crippen LogP contribution is -2.01. The molecule has 0 fully saturated rings. The maximum absolute atomic E-state index is 13.2. The Balaban J connectivity index is 1.89. The third-order valence-corrected chi connectivity index (χ3v) is 4.82. The first kappa shape index (κ1) is 14.2. The van der Waals surface area contributed by atoms with Crippen LogP contribution in [0.1, 0.15) is 20.8 Å². The lowest BCUT2D eigenvalue weighted by Gasteiger charge is -2.03. The molecule has 1 nitrogen and oxygen atoms in total. The molecule has 0 bridgehead atoms. The number of fused-ring (bicyclic) bond motifs is 1. The van der Waals surface area contributed by atoms with Crippen LogP contribution in [0.15, 0.2) is 42.5 Å². The zero-order valence-electron chi connectivity index (χ0n) is 11.3. The minimum Gasteiger partial charge on any atom is -0.293 e. The molecule has 0 spiro atoms. The van der Waals surface area contributed by atoms with Gasteiger partial charge in [0, 0.05) is 16.1 Å². The molecule has 3 aromatic rings. The summed E-state index contributed by atoms with van der Waals surface area (Å²) in [5.74, 6) is -0.289. The molecule has 0 amide bonds.